The Kier molecular flexibility index (Phi) is 4.42. The standard InChI is InChI=1S/C22H20N4O/c1-15-8-9-20-18(12-15)13-19(16(2)24-20)22(27)25-21-10-11-23-26(21)14-17-6-4-3-5-7-17/h3-13H,14H2,1-2H3,(H,25,27). The monoisotopic (exact) mass is 356 g/mol. The second-order valence-electron chi connectivity index (χ2n) is 6.63. The Hall–Kier alpha value is -3.47. The summed E-state index contributed by atoms with van der Waals surface area (Å²) >= 11 is 0. The summed E-state index contributed by atoms with van der Waals surface area (Å²) < 4.78 is 1.78. The van der Waals surface area contributed by atoms with Crippen molar-refractivity contribution in [2.24, 2.45) is 0 Å². The molecule has 0 aliphatic carbocycles. The maximum Gasteiger partial charge on any atom is 0.258 e. The molecule has 0 fully saturated rings. The minimum absolute atomic E-state index is 0.182. The van der Waals surface area contributed by atoms with Gasteiger partial charge in [-0.2, -0.15) is 5.10 Å². The fourth-order valence-electron chi connectivity index (χ4n) is 3.13. The normalized spacial score (nSPS) is 10.9. The van der Waals surface area contributed by atoms with E-state index in [-0.39, 0.29) is 5.91 Å². The molecule has 0 spiro atoms. The molecule has 27 heavy (non-hydrogen) atoms. The first kappa shape index (κ1) is 17.0. The summed E-state index contributed by atoms with van der Waals surface area (Å²) in [5, 5.41) is 8.26. The van der Waals surface area contributed by atoms with Crippen LogP contribution in [0.4, 0.5) is 5.82 Å². The largest absolute Gasteiger partial charge is 0.307 e. The average Bonchev–Trinajstić information content (AvgIpc) is 3.09. The quantitative estimate of drug-likeness (QED) is 0.591. The van der Waals surface area contributed by atoms with Crippen LogP contribution >= 0.6 is 0 Å². The number of aromatic nitrogens is 3. The molecule has 0 saturated heterocycles. The van der Waals surface area contributed by atoms with Gasteiger partial charge in [0.1, 0.15) is 5.82 Å². The maximum absolute atomic E-state index is 12.9. The molecule has 2 aromatic heterocycles. The van der Waals surface area contributed by atoms with Gasteiger partial charge >= 0.3 is 0 Å². The zero-order valence-electron chi connectivity index (χ0n) is 15.3. The van der Waals surface area contributed by atoms with Crippen LogP contribution in [0.25, 0.3) is 10.9 Å². The summed E-state index contributed by atoms with van der Waals surface area (Å²) in [6.45, 7) is 4.48. The van der Waals surface area contributed by atoms with Gasteiger partial charge in [0.2, 0.25) is 0 Å². The fraction of sp³-hybridized carbons (Fsp3) is 0.136. The van der Waals surface area contributed by atoms with Crippen molar-refractivity contribution in [3.8, 4) is 0 Å². The first-order chi connectivity index (χ1) is 13.1. The van der Waals surface area contributed by atoms with Crippen molar-refractivity contribution in [2.75, 3.05) is 5.32 Å². The second kappa shape index (κ2) is 7.03. The smallest absolute Gasteiger partial charge is 0.258 e. The van der Waals surface area contributed by atoms with E-state index in [0.717, 1.165) is 22.0 Å². The summed E-state index contributed by atoms with van der Waals surface area (Å²) in [4.78, 5) is 17.4. The number of rotatable bonds is 4. The summed E-state index contributed by atoms with van der Waals surface area (Å²) in [5.41, 5.74) is 4.43. The molecule has 0 atom stereocenters. The molecule has 5 heteroatoms. The van der Waals surface area contributed by atoms with Crippen molar-refractivity contribution in [1.29, 1.82) is 0 Å². The van der Waals surface area contributed by atoms with Gasteiger partial charge in [-0.05, 0) is 37.6 Å². The predicted octanol–water partition coefficient (Wildman–Crippen LogP) is 4.35. The Morgan fingerprint density at radius 2 is 1.85 bits per heavy atom. The van der Waals surface area contributed by atoms with E-state index >= 15 is 0 Å². The van der Waals surface area contributed by atoms with E-state index in [0.29, 0.717) is 23.6 Å². The Morgan fingerprint density at radius 1 is 1.04 bits per heavy atom. The number of nitrogens with one attached hydrogen (secondary N) is 1. The lowest BCUT2D eigenvalue weighted by Gasteiger charge is -2.11. The van der Waals surface area contributed by atoms with E-state index in [1.165, 1.54) is 0 Å². The molecule has 0 radical (unpaired) electrons. The van der Waals surface area contributed by atoms with Gasteiger partial charge in [-0.3, -0.25) is 9.78 Å². The highest BCUT2D eigenvalue weighted by Crippen LogP contribution is 2.19. The van der Waals surface area contributed by atoms with Gasteiger partial charge in [0, 0.05) is 11.5 Å². The van der Waals surface area contributed by atoms with Crippen LogP contribution in [-0.4, -0.2) is 20.7 Å². The third kappa shape index (κ3) is 3.58. The Labute approximate surface area is 157 Å². The molecule has 1 N–H and O–H groups in total. The third-order valence-electron chi connectivity index (χ3n) is 4.54. The lowest BCUT2D eigenvalue weighted by atomic mass is 10.1. The molecule has 4 rings (SSSR count). The van der Waals surface area contributed by atoms with E-state index in [9.17, 15) is 4.79 Å². The Morgan fingerprint density at radius 3 is 2.67 bits per heavy atom. The zero-order chi connectivity index (χ0) is 18.8. The van der Waals surface area contributed by atoms with E-state index in [1.807, 2.05) is 68.4 Å². The maximum atomic E-state index is 12.9. The van der Waals surface area contributed by atoms with E-state index in [4.69, 9.17) is 0 Å². The number of hydrogen-bond acceptors (Lipinski definition) is 3. The summed E-state index contributed by atoms with van der Waals surface area (Å²) in [6, 6.07) is 19.8. The number of benzene rings is 2. The van der Waals surface area contributed by atoms with Gasteiger partial charge in [-0.15, -0.1) is 0 Å². The number of carbonyl (C=O) groups excluding carboxylic acids is 1. The minimum Gasteiger partial charge on any atom is -0.307 e. The average molecular weight is 356 g/mol. The number of aryl methyl sites for hydroxylation is 2. The van der Waals surface area contributed by atoms with Gasteiger partial charge in [-0.25, -0.2) is 4.68 Å². The molecule has 2 heterocycles. The number of hydrogen-bond donors (Lipinski definition) is 1. The van der Waals surface area contributed by atoms with Gasteiger partial charge in [-0.1, -0.05) is 42.0 Å². The molecular formula is C22H20N4O. The fourth-order valence-corrected chi connectivity index (χ4v) is 3.13. The van der Waals surface area contributed by atoms with Crippen molar-refractivity contribution < 1.29 is 4.79 Å². The van der Waals surface area contributed by atoms with Gasteiger partial charge in [0.05, 0.1) is 29.5 Å². The zero-order valence-corrected chi connectivity index (χ0v) is 15.3. The highest BCUT2D eigenvalue weighted by molar-refractivity contribution is 6.06. The van der Waals surface area contributed by atoms with Crippen LogP contribution in [0.3, 0.4) is 0 Å². The van der Waals surface area contributed by atoms with E-state index in [1.54, 1.807) is 16.9 Å². The topological polar surface area (TPSA) is 59.8 Å². The van der Waals surface area contributed by atoms with Crippen LogP contribution in [-0.2, 0) is 6.54 Å². The molecule has 0 saturated carbocycles. The number of anilines is 1. The summed E-state index contributed by atoms with van der Waals surface area (Å²) in [5.74, 6) is 0.478. The van der Waals surface area contributed by atoms with E-state index < -0.39 is 0 Å². The highest BCUT2D eigenvalue weighted by Gasteiger charge is 2.14. The van der Waals surface area contributed by atoms with Gasteiger partial charge < -0.3 is 5.32 Å². The Balaban J connectivity index is 1.61. The summed E-state index contributed by atoms with van der Waals surface area (Å²) in [7, 11) is 0. The van der Waals surface area contributed by atoms with Crippen LogP contribution in [0, 0.1) is 13.8 Å². The second-order valence-corrected chi connectivity index (χ2v) is 6.63. The highest BCUT2D eigenvalue weighted by atomic mass is 16.1. The van der Waals surface area contributed by atoms with Crippen molar-refractivity contribution in [3.05, 3.63) is 89.2 Å². The van der Waals surface area contributed by atoms with Gasteiger partial charge in [0.25, 0.3) is 5.91 Å². The number of amides is 1. The SMILES string of the molecule is Cc1ccc2nc(C)c(C(=O)Nc3ccnn3Cc3ccccc3)cc2c1. The lowest BCUT2D eigenvalue weighted by molar-refractivity contribution is 0.102. The molecular weight excluding hydrogens is 336 g/mol. The van der Waals surface area contributed by atoms with Crippen molar-refractivity contribution in [1.82, 2.24) is 14.8 Å². The first-order valence-corrected chi connectivity index (χ1v) is 8.85. The van der Waals surface area contributed by atoms with Crippen LogP contribution < -0.4 is 5.32 Å². The van der Waals surface area contributed by atoms with Crippen molar-refractivity contribution >= 4 is 22.6 Å². The molecule has 4 aromatic rings. The number of nitrogens with zero attached hydrogens (tertiary/aromatic N) is 3. The van der Waals surface area contributed by atoms with Gasteiger partial charge in [0.15, 0.2) is 0 Å². The molecule has 0 aliphatic rings. The van der Waals surface area contributed by atoms with Crippen molar-refractivity contribution in [2.45, 2.75) is 20.4 Å². The first-order valence-electron chi connectivity index (χ1n) is 8.85. The van der Waals surface area contributed by atoms with Crippen LogP contribution in [0.1, 0.15) is 27.2 Å². The molecule has 0 aliphatic heterocycles. The van der Waals surface area contributed by atoms with Crippen LogP contribution in [0.2, 0.25) is 0 Å². The van der Waals surface area contributed by atoms with Crippen LogP contribution in [0.15, 0.2) is 66.9 Å². The van der Waals surface area contributed by atoms with E-state index in [2.05, 4.69) is 15.4 Å². The molecule has 1 amide bonds. The minimum atomic E-state index is -0.182. The lowest BCUT2D eigenvalue weighted by Crippen LogP contribution is -2.17. The van der Waals surface area contributed by atoms with Crippen LogP contribution in [0.5, 0.6) is 0 Å². The number of pyridine rings is 1. The third-order valence-corrected chi connectivity index (χ3v) is 4.54. The molecule has 134 valence electrons. The number of carbonyl (C=O) groups is 1. The Bertz CT molecular complexity index is 1120. The summed E-state index contributed by atoms with van der Waals surface area (Å²) in [6.07, 6.45) is 1.69. The molecule has 0 unspecified atom stereocenters. The van der Waals surface area contributed by atoms with Crippen molar-refractivity contribution in [3.63, 3.8) is 0 Å². The number of fused-ring (bicyclic) bond motifs is 1. The predicted molar refractivity (Wildman–Crippen MR) is 107 cm³/mol. The molecule has 0 bridgehead atoms. The molecule has 5 nitrogen and oxygen atoms in total. The molecule has 2 aromatic carbocycles.